The van der Waals surface area contributed by atoms with Crippen molar-refractivity contribution < 1.29 is 45.0 Å². The Hall–Kier alpha value is -3.81. The maximum Gasteiger partial charge on any atom is 0.416 e. The van der Waals surface area contributed by atoms with E-state index in [-0.39, 0.29) is 41.3 Å². The van der Waals surface area contributed by atoms with Gasteiger partial charge in [0.1, 0.15) is 11.6 Å². The molecule has 1 heterocycles. The summed E-state index contributed by atoms with van der Waals surface area (Å²) in [7, 11) is -2.03. The number of aliphatic hydroxyl groups excluding tert-OH is 1. The average molecular weight is 625 g/mol. The van der Waals surface area contributed by atoms with Crippen molar-refractivity contribution in [1.82, 2.24) is 9.88 Å². The van der Waals surface area contributed by atoms with Gasteiger partial charge in [-0.3, -0.25) is 4.79 Å². The molecule has 0 radical (unpaired) electrons. The normalized spacial score (nSPS) is 12.9. The number of hydrogen-bond donors (Lipinski definition) is 2. The Kier molecular flexibility index (Phi) is 9.57. The van der Waals surface area contributed by atoms with E-state index in [1.165, 1.54) is 50.4 Å². The van der Waals surface area contributed by atoms with E-state index in [0.717, 1.165) is 18.2 Å². The van der Waals surface area contributed by atoms with Gasteiger partial charge in [-0.15, -0.1) is 0 Å². The zero-order valence-corrected chi connectivity index (χ0v) is 24.0. The van der Waals surface area contributed by atoms with Crippen molar-refractivity contribution in [2.45, 2.75) is 37.0 Å². The number of sulfone groups is 1. The number of methoxy groups -OCH3 is 1. The number of hydrogen-bond acceptors (Lipinski definition) is 5. The number of fused-ring (bicyclic) bond motifs is 1. The fourth-order valence-electron chi connectivity index (χ4n) is 4.81. The number of aliphatic hydroxyl groups is 1. The maximum atomic E-state index is 15.3. The minimum Gasteiger partial charge on any atom is -0.394 e. The lowest BCUT2D eigenvalue weighted by Gasteiger charge is -2.18. The molecule has 4 aromatic rings. The van der Waals surface area contributed by atoms with Gasteiger partial charge in [0, 0.05) is 31.2 Å². The molecule has 230 valence electrons. The number of nitrogens with zero attached hydrogens (tertiary/aromatic N) is 1. The van der Waals surface area contributed by atoms with E-state index in [9.17, 15) is 35.9 Å². The predicted molar refractivity (Wildman–Crippen MR) is 149 cm³/mol. The zero-order valence-electron chi connectivity index (χ0n) is 23.2. The van der Waals surface area contributed by atoms with Gasteiger partial charge >= 0.3 is 6.18 Å². The third-order valence-electron chi connectivity index (χ3n) is 7.10. The van der Waals surface area contributed by atoms with Crippen LogP contribution in [0.15, 0.2) is 65.6 Å². The lowest BCUT2D eigenvalue weighted by atomic mass is 10.0. The van der Waals surface area contributed by atoms with Crippen LogP contribution in [0.5, 0.6) is 0 Å². The topological polar surface area (TPSA) is 97.6 Å². The molecule has 3 aromatic carbocycles. The molecule has 13 heteroatoms. The summed E-state index contributed by atoms with van der Waals surface area (Å²) in [6, 6.07) is 10.9. The Morgan fingerprint density at radius 1 is 1.05 bits per heavy atom. The van der Waals surface area contributed by atoms with Gasteiger partial charge in [-0.05, 0) is 53.6 Å². The van der Waals surface area contributed by atoms with Gasteiger partial charge in [-0.2, -0.15) is 13.2 Å². The molecule has 1 amide bonds. The van der Waals surface area contributed by atoms with E-state index in [1.807, 2.05) is 0 Å². The molecule has 43 heavy (non-hydrogen) atoms. The quantitative estimate of drug-likeness (QED) is 0.217. The van der Waals surface area contributed by atoms with E-state index in [4.69, 9.17) is 4.74 Å². The molecule has 2 N–H and O–H groups in total. The van der Waals surface area contributed by atoms with Crippen LogP contribution in [0, 0.1) is 11.6 Å². The van der Waals surface area contributed by atoms with Crippen LogP contribution in [-0.4, -0.2) is 50.1 Å². The Bertz CT molecular complexity index is 1730. The molecule has 7 nitrogen and oxygen atoms in total. The monoisotopic (exact) mass is 624 g/mol. The number of rotatable bonds is 11. The van der Waals surface area contributed by atoms with Gasteiger partial charge in [0.15, 0.2) is 9.84 Å². The number of alkyl halides is 3. The van der Waals surface area contributed by atoms with Gasteiger partial charge in [0.2, 0.25) is 0 Å². The molecule has 0 bridgehead atoms. The van der Waals surface area contributed by atoms with Crippen molar-refractivity contribution >= 4 is 26.6 Å². The van der Waals surface area contributed by atoms with Crippen molar-refractivity contribution in [1.29, 1.82) is 0 Å². The third-order valence-corrected chi connectivity index (χ3v) is 8.85. The molecular formula is C30H29F5N2O5S. The van der Waals surface area contributed by atoms with Crippen LogP contribution in [0.3, 0.4) is 0 Å². The van der Waals surface area contributed by atoms with E-state index in [0.29, 0.717) is 28.2 Å². The van der Waals surface area contributed by atoms with Gasteiger partial charge in [-0.1, -0.05) is 25.1 Å². The smallest absolute Gasteiger partial charge is 0.394 e. The molecule has 1 aromatic heterocycles. The molecule has 0 spiro atoms. The molecule has 0 saturated heterocycles. The highest BCUT2D eigenvalue weighted by Gasteiger charge is 2.34. The van der Waals surface area contributed by atoms with Crippen molar-refractivity contribution in [3.05, 3.63) is 100 Å². The molecule has 1 atom stereocenters. The van der Waals surface area contributed by atoms with Gasteiger partial charge in [0.25, 0.3) is 5.91 Å². The van der Waals surface area contributed by atoms with Gasteiger partial charge in [-0.25, -0.2) is 17.2 Å². The molecule has 0 aliphatic rings. The van der Waals surface area contributed by atoms with Crippen LogP contribution in [0.4, 0.5) is 22.0 Å². The number of benzene rings is 3. The van der Waals surface area contributed by atoms with Crippen LogP contribution in [0.2, 0.25) is 0 Å². The molecule has 4 rings (SSSR count). The number of ether oxygens (including phenoxy) is 1. The highest BCUT2D eigenvalue weighted by molar-refractivity contribution is 7.91. The van der Waals surface area contributed by atoms with Crippen LogP contribution in [-0.2, 0) is 33.7 Å². The summed E-state index contributed by atoms with van der Waals surface area (Å²) in [6.07, 6.45) is -5.06. The number of carbonyl (C=O) groups is 1. The second-order valence-corrected chi connectivity index (χ2v) is 12.1. The maximum absolute atomic E-state index is 15.3. The van der Waals surface area contributed by atoms with Gasteiger partial charge < -0.3 is 19.7 Å². The highest BCUT2D eigenvalue weighted by Crippen LogP contribution is 2.35. The number of nitrogens with one attached hydrogen (secondary N) is 1. The first-order valence-corrected chi connectivity index (χ1v) is 14.8. The minimum absolute atomic E-state index is 0.0787. The number of aromatic nitrogens is 1. The first kappa shape index (κ1) is 32.1. The second kappa shape index (κ2) is 12.8. The van der Waals surface area contributed by atoms with Crippen LogP contribution < -0.4 is 5.32 Å². The largest absolute Gasteiger partial charge is 0.416 e. The summed E-state index contributed by atoms with van der Waals surface area (Å²) < 4.78 is 101. The van der Waals surface area contributed by atoms with E-state index in [1.54, 1.807) is 4.57 Å². The fourth-order valence-corrected chi connectivity index (χ4v) is 5.70. The number of amides is 1. The van der Waals surface area contributed by atoms with E-state index in [2.05, 4.69) is 5.32 Å². The Morgan fingerprint density at radius 2 is 1.74 bits per heavy atom. The third kappa shape index (κ3) is 7.06. The van der Waals surface area contributed by atoms with Crippen molar-refractivity contribution in [2.75, 3.05) is 26.1 Å². The number of halogens is 5. The fraction of sp³-hybridized carbons (Fsp3) is 0.300. The molecular weight excluding hydrogens is 595 g/mol. The second-order valence-electron chi connectivity index (χ2n) is 9.83. The Balaban J connectivity index is 1.68. The lowest BCUT2D eigenvalue weighted by Crippen LogP contribution is -2.31. The summed E-state index contributed by atoms with van der Waals surface area (Å²) in [4.78, 5) is 13.2. The van der Waals surface area contributed by atoms with Crippen molar-refractivity contribution in [3.63, 3.8) is 0 Å². The number of carbonyl (C=O) groups excluding carboxylic acids is 1. The lowest BCUT2D eigenvalue weighted by molar-refractivity contribution is -0.138. The molecule has 0 aliphatic heterocycles. The zero-order chi connectivity index (χ0) is 31.5. The Labute approximate surface area is 244 Å². The van der Waals surface area contributed by atoms with Crippen LogP contribution >= 0.6 is 0 Å². The van der Waals surface area contributed by atoms with Gasteiger partial charge in [0.05, 0.1) is 46.5 Å². The standard InChI is InChI=1S/C30H29F5N2O5S/c1-3-43(40,41)23-8-5-18(6-9-23)27(17-38)36-29(39)24-14-20-13-22(37(10-11-42-2)28(20)16-26(24)32)12-19-4-7-21(31)15-25(19)30(33,34)35/h4-9,13-16,27,38H,3,10-12,17H2,1-2H3,(H,36,39). The van der Waals surface area contributed by atoms with E-state index >= 15 is 4.39 Å². The first-order chi connectivity index (χ1) is 20.3. The summed E-state index contributed by atoms with van der Waals surface area (Å²) >= 11 is 0. The summed E-state index contributed by atoms with van der Waals surface area (Å²) in [5, 5.41) is 12.8. The summed E-state index contributed by atoms with van der Waals surface area (Å²) in [6.45, 7) is 1.26. The predicted octanol–water partition coefficient (Wildman–Crippen LogP) is 5.43. The van der Waals surface area contributed by atoms with Crippen molar-refractivity contribution in [3.8, 4) is 0 Å². The summed E-state index contributed by atoms with van der Waals surface area (Å²) in [5.74, 6) is -2.91. The molecule has 1 unspecified atom stereocenters. The molecule has 0 saturated carbocycles. The Morgan fingerprint density at radius 3 is 2.35 bits per heavy atom. The summed E-state index contributed by atoms with van der Waals surface area (Å²) in [5.41, 5.74) is -0.626. The molecule has 0 fully saturated rings. The van der Waals surface area contributed by atoms with E-state index < -0.39 is 51.8 Å². The minimum atomic E-state index is -4.80. The average Bonchev–Trinajstić information content (AvgIpc) is 3.29. The van der Waals surface area contributed by atoms with Crippen LogP contribution in [0.25, 0.3) is 10.9 Å². The van der Waals surface area contributed by atoms with Crippen LogP contribution in [0.1, 0.15) is 45.7 Å². The first-order valence-electron chi connectivity index (χ1n) is 13.2. The highest BCUT2D eigenvalue weighted by atomic mass is 32.2. The van der Waals surface area contributed by atoms with Crippen molar-refractivity contribution in [2.24, 2.45) is 0 Å². The SMILES string of the molecule is CCS(=O)(=O)c1ccc(C(CO)NC(=O)c2cc3cc(Cc4ccc(F)cc4C(F)(F)F)n(CCOC)c3cc2F)cc1. The molecule has 0 aliphatic carbocycles.